The molecule has 3 aromatic heterocycles. The molecule has 9 heteroatoms. The molecule has 0 radical (unpaired) electrons. The Morgan fingerprint density at radius 2 is 1.81 bits per heavy atom. The van der Waals surface area contributed by atoms with Crippen LogP contribution in [-0.4, -0.2) is 34.4 Å². The maximum atomic E-state index is 13.0. The smallest absolute Gasteiger partial charge is 0.481 e. The molecule has 0 atom stereocenters. The zero-order chi connectivity index (χ0) is 22.3. The lowest BCUT2D eigenvalue weighted by Crippen LogP contribution is -2.27. The molecule has 0 unspecified atom stereocenters. The topological polar surface area (TPSA) is 51.9 Å². The van der Waals surface area contributed by atoms with Crippen LogP contribution in [0, 0.1) is 0 Å². The van der Waals surface area contributed by atoms with Crippen LogP contribution in [0.1, 0.15) is 12.1 Å². The number of hydrogen-bond acceptors (Lipinski definition) is 5. The predicted molar refractivity (Wildman–Crippen MR) is 113 cm³/mol. The largest absolute Gasteiger partial charge is 0.573 e. The van der Waals surface area contributed by atoms with Crippen molar-refractivity contribution in [2.75, 3.05) is 18.6 Å². The van der Waals surface area contributed by atoms with E-state index in [2.05, 4.69) is 9.72 Å². The second-order valence-electron chi connectivity index (χ2n) is 7.39. The molecule has 0 N–H and O–H groups in total. The summed E-state index contributed by atoms with van der Waals surface area (Å²) in [5.74, 6) is 1.02. The maximum absolute atomic E-state index is 13.0. The molecule has 1 aliphatic rings. The normalized spacial score (nSPS) is 13.8. The van der Waals surface area contributed by atoms with Crippen molar-refractivity contribution >= 4 is 17.2 Å². The first-order valence-electron chi connectivity index (χ1n) is 10.1. The van der Waals surface area contributed by atoms with E-state index in [0.29, 0.717) is 18.1 Å². The number of aromatic nitrogens is 3. The number of benzene rings is 1. The Kier molecular flexibility index (Phi) is 4.88. The van der Waals surface area contributed by atoms with Crippen LogP contribution in [-0.2, 0) is 6.42 Å². The van der Waals surface area contributed by atoms with Gasteiger partial charge in [-0.1, -0.05) is 12.1 Å². The SMILES string of the molecule is COc1ccc(-c2ccc3nc4c(n3c2)N(c2ccccc2OC(F)(F)F)CCC4)cn1. The zero-order valence-corrected chi connectivity index (χ0v) is 17.1. The lowest BCUT2D eigenvalue weighted by atomic mass is 10.1. The molecule has 0 saturated carbocycles. The standard InChI is InChI=1S/C23H19F3N4O2/c1-31-21-11-9-15(13-27-21)16-8-10-20-28-17-5-4-12-29(22(17)30(20)14-16)18-6-2-3-7-19(18)32-23(24,25)26/h2-3,6-11,13-14H,4-5,12H2,1H3. The van der Waals surface area contributed by atoms with Gasteiger partial charge in [0.1, 0.15) is 11.5 Å². The Bertz CT molecular complexity index is 1270. The van der Waals surface area contributed by atoms with E-state index in [1.807, 2.05) is 33.7 Å². The highest BCUT2D eigenvalue weighted by Crippen LogP contribution is 2.41. The quantitative estimate of drug-likeness (QED) is 0.426. The summed E-state index contributed by atoms with van der Waals surface area (Å²) in [6.07, 6.45) is 0.383. The van der Waals surface area contributed by atoms with Crippen molar-refractivity contribution in [3.63, 3.8) is 0 Å². The molecular weight excluding hydrogens is 421 g/mol. The second-order valence-corrected chi connectivity index (χ2v) is 7.39. The third kappa shape index (κ3) is 3.70. The van der Waals surface area contributed by atoms with E-state index < -0.39 is 6.36 Å². The molecule has 4 aromatic rings. The minimum atomic E-state index is -4.78. The first-order chi connectivity index (χ1) is 15.4. The summed E-state index contributed by atoms with van der Waals surface area (Å²) in [4.78, 5) is 10.8. The molecule has 0 amide bonds. The van der Waals surface area contributed by atoms with Crippen molar-refractivity contribution < 1.29 is 22.6 Å². The van der Waals surface area contributed by atoms with Gasteiger partial charge < -0.3 is 14.4 Å². The van der Waals surface area contributed by atoms with Gasteiger partial charge in [0.25, 0.3) is 0 Å². The average Bonchev–Trinajstić information content (AvgIpc) is 3.16. The molecule has 0 bridgehead atoms. The molecule has 1 aromatic carbocycles. The van der Waals surface area contributed by atoms with Crippen LogP contribution in [0.3, 0.4) is 0 Å². The van der Waals surface area contributed by atoms with Crippen molar-refractivity contribution in [2.45, 2.75) is 19.2 Å². The fourth-order valence-corrected chi connectivity index (χ4v) is 4.01. The van der Waals surface area contributed by atoms with Crippen LogP contribution in [0.25, 0.3) is 16.8 Å². The summed E-state index contributed by atoms with van der Waals surface area (Å²) in [5, 5.41) is 0. The van der Waals surface area contributed by atoms with Gasteiger partial charge >= 0.3 is 6.36 Å². The Balaban J connectivity index is 1.62. The number of methoxy groups -OCH3 is 1. The first-order valence-corrected chi connectivity index (χ1v) is 10.1. The minimum Gasteiger partial charge on any atom is -0.481 e. The number of para-hydroxylation sites is 2. The van der Waals surface area contributed by atoms with Gasteiger partial charge in [-0.3, -0.25) is 4.40 Å². The molecule has 0 spiro atoms. The first kappa shape index (κ1) is 20.2. The molecule has 0 saturated heterocycles. The van der Waals surface area contributed by atoms with Crippen LogP contribution >= 0.6 is 0 Å². The number of imidazole rings is 1. The van der Waals surface area contributed by atoms with Gasteiger partial charge in [-0.25, -0.2) is 9.97 Å². The lowest BCUT2D eigenvalue weighted by molar-refractivity contribution is -0.274. The van der Waals surface area contributed by atoms with Crippen LogP contribution in [0.15, 0.2) is 60.9 Å². The van der Waals surface area contributed by atoms with Gasteiger partial charge in [-0.05, 0) is 43.2 Å². The number of aryl methyl sites for hydroxylation is 1. The summed E-state index contributed by atoms with van der Waals surface area (Å²) < 4.78 is 50.3. The predicted octanol–water partition coefficient (Wildman–Crippen LogP) is 5.39. The van der Waals surface area contributed by atoms with Gasteiger partial charge in [0.2, 0.25) is 5.88 Å². The van der Waals surface area contributed by atoms with Crippen molar-refractivity contribution in [3.05, 3.63) is 66.6 Å². The van der Waals surface area contributed by atoms with E-state index in [-0.39, 0.29) is 5.75 Å². The number of fused-ring (bicyclic) bond motifs is 3. The van der Waals surface area contributed by atoms with E-state index in [0.717, 1.165) is 41.1 Å². The zero-order valence-electron chi connectivity index (χ0n) is 17.1. The van der Waals surface area contributed by atoms with Crippen LogP contribution < -0.4 is 14.4 Å². The Morgan fingerprint density at radius 1 is 1.00 bits per heavy atom. The highest BCUT2D eigenvalue weighted by molar-refractivity contribution is 5.74. The number of alkyl halides is 3. The summed E-state index contributed by atoms with van der Waals surface area (Å²) in [5.41, 5.74) is 3.70. The Labute approximate surface area is 181 Å². The molecule has 6 nitrogen and oxygen atoms in total. The molecule has 5 rings (SSSR count). The Hall–Kier alpha value is -3.75. The molecule has 0 fully saturated rings. The molecule has 32 heavy (non-hydrogen) atoms. The lowest BCUT2D eigenvalue weighted by Gasteiger charge is -2.30. The van der Waals surface area contributed by atoms with E-state index in [9.17, 15) is 13.2 Å². The average molecular weight is 440 g/mol. The summed E-state index contributed by atoms with van der Waals surface area (Å²) in [7, 11) is 1.56. The van der Waals surface area contributed by atoms with E-state index in [1.54, 1.807) is 31.5 Å². The fraction of sp³-hybridized carbons (Fsp3) is 0.217. The number of halogens is 3. The van der Waals surface area contributed by atoms with Gasteiger partial charge in [-0.2, -0.15) is 0 Å². The molecular formula is C23H19F3N4O2. The highest BCUT2D eigenvalue weighted by atomic mass is 19.4. The summed E-state index contributed by atoms with van der Waals surface area (Å²) in [6, 6.07) is 13.7. The number of rotatable bonds is 4. The van der Waals surface area contributed by atoms with Crippen molar-refractivity contribution in [2.24, 2.45) is 0 Å². The number of pyridine rings is 2. The third-order valence-corrected chi connectivity index (χ3v) is 5.37. The Morgan fingerprint density at radius 3 is 2.56 bits per heavy atom. The van der Waals surface area contributed by atoms with Crippen LogP contribution in [0.5, 0.6) is 11.6 Å². The van der Waals surface area contributed by atoms with Crippen molar-refractivity contribution in [3.8, 4) is 22.8 Å². The summed E-state index contributed by atoms with van der Waals surface area (Å²) in [6.45, 7) is 0.549. The van der Waals surface area contributed by atoms with Crippen molar-refractivity contribution in [1.82, 2.24) is 14.4 Å². The van der Waals surface area contributed by atoms with Gasteiger partial charge in [0, 0.05) is 36.1 Å². The monoisotopic (exact) mass is 440 g/mol. The number of hydrogen-bond donors (Lipinski definition) is 0. The number of nitrogens with zero attached hydrogens (tertiary/aromatic N) is 4. The molecule has 164 valence electrons. The van der Waals surface area contributed by atoms with Crippen molar-refractivity contribution in [1.29, 1.82) is 0 Å². The molecule has 1 aliphatic heterocycles. The van der Waals surface area contributed by atoms with Gasteiger partial charge in [0.05, 0.1) is 18.5 Å². The second kappa shape index (κ2) is 7.74. The highest BCUT2D eigenvalue weighted by Gasteiger charge is 2.34. The van der Waals surface area contributed by atoms with E-state index in [4.69, 9.17) is 9.72 Å². The maximum Gasteiger partial charge on any atom is 0.573 e. The molecule has 0 aliphatic carbocycles. The number of anilines is 2. The van der Waals surface area contributed by atoms with Gasteiger partial charge in [0.15, 0.2) is 5.75 Å². The number of ether oxygens (including phenoxy) is 2. The fourth-order valence-electron chi connectivity index (χ4n) is 4.01. The molecule has 4 heterocycles. The van der Waals surface area contributed by atoms with Crippen LogP contribution in [0.2, 0.25) is 0 Å². The van der Waals surface area contributed by atoms with E-state index in [1.165, 1.54) is 12.1 Å². The minimum absolute atomic E-state index is 0.238. The van der Waals surface area contributed by atoms with Gasteiger partial charge in [-0.15, -0.1) is 13.2 Å². The van der Waals surface area contributed by atoms with E-state index >= 15 is 0 Å². The third-order valence-electron chi connectivity index (χ3n) is 5.37. The van der Waals surface area contributed by atoms with Crippen LogP contribution in [0.4, 0.5) is 24.7 Å². The summed E-state index contributed by atoms with van der Waals surface area (Å²) >= 11 is 0.